The molecule has 0 aliphatic carbocycles. The molecule has 0 saturated carbocycles. The summed E-state index contributed by atoms with van der Waals surface area (Å²) in [6.45, 7) is 4.46. The van der Waals surface area contributed by atoms with Gasteiger partial charge < -0.3 is 4.74 Å². The van der Waals surface area contributed by atoms with Gasteiger partial charge in [-0.1, -0.05) is 41.9 Å². The minimum atomic E-state index is 0.469. The maximum atomic E-state index is 5.91. The number of rotatable bonds is 3. The van der Waals surface area contributed by atoms with E-state index in [1.807, 2.05) is 44.2 Å². The molecule has 3 heteroatoms. The van der Waals surface area contributed by atoms with Crippen molar-refractivity contribution in [1.82, 2.24) is 4.98 Å². The molecule has 1 heterocycles. The monoisotopic (exact) mass is 247 g/mol. The van der Waals surface area contributed by atoms with E-state index in [1.54, 1.807) is 6.07 Å². The average molecular weight is 248 g/mol. The van der Waals surface area contributed by atoms with Crippen molar-refractivity contribution in [2.45, 2.75) is 20.5 Å². The Morgan fingerprint density at radius 2 is 1.88 bits per heavy atom. The minimum absolute atomic E-state index is 0.469. The fourth-order valence-electron chi connectivity index (χ4n) is 1.56. The summed E-state index contributed by atoms with van der Waals surface area (Å²) in [5, 5.41) is 0.469. The second-order valence-corrected chi connectivity index (χ2v) is 4.32. The van der Waals surface area contributed by atoms with Crippen molar-refractivity contribution in [3.63, 3.8) is 0 Å². The van der Waals surface area contributed by atoms with E-state index >= 15 is 0 Å². The van der Waals surface area contributed by atoms with Crippen molar-refractivity contribution < 1.29 is 4.74 Å². The summed E-state index contributed by atoms with van der Waals surface area (Å²) in [5.41, 5.74) is 3.07. The van der Waals surface area contributed by atoms with E-state index in [0.717, 1.165) is 22.6 Å². The molecule has 0 fully saturated rings. The lowest BCUT2D eigenvalue weighted by molar-refractivity contribution is 0.303. The van der Waals surface area contributed by atoms with E-state index in [1.165, 1.54) is 0 Å². The lowest BCUT2D eigenvalue weighted by atomic mass is 10.2. The van der Waals surface area contributed by atoms with Gasteiger partial charge in [0.15, 0.2) is 0 Å². The second-order valence-electron chi connectivity index (χ2n) is 3.93. The molecule has 2 rings (SSSR count). The molecule has 0 spiro atoms. The van der Waals surface area contributed by atoms with E-state index in [-0.39, 0.29) is 0 Å². The maximum absolute atomic E-state index is 5.91. The van der Waals surface area contributed by atoms with E-state index in [2.05, 4.69) is 4.98 Å². The van der Waals surface area contributed by atoms with Crippen LogP contribution in [0.25, 0.3) is 0 Å². The number of nitrogens with zero attached hydrogens (tertiary/aromatic N) is 1. The van der Waals surface area contributed by atoms with Gasteiger partial charge in [0.2, 0.25) is 0 Å². The Morgan fingerprint density at radius 3 is 2.59 bits per heavy atom. The lowest BCUT2D eigenvalue weighted by Crippen LogP contribution is -1.99. The number of pyridine rings is 1. The standard InChI is InChI=1S/C14H14ClNO/c1-10-11(2)16-14(15)8-13(10)17-9-12-6-4-3-5-7-12/h3-8H,9H2,1-2H3. The van der Waals surface area contributed by atoms with Crippen LogP contribution in [0.15, 0.2) is 36.4 Å². The molecule has 1 aromatic heterocycles. The quantitative estimate of drug-likeness (QED) is 0.767. The summed E-state index contributed by atoms with van der Waals surface area (Å²) in [7, 11) is 0. The first kappa shape index (κ1) is 11.9. The highest BCUT2D eigenvalue weighted by atomic mass is 35.5. The average Bonchev–Trinajstić information content (AvgIpc) is 2.33. The van der Waals surface area contributed by atoms with Gasteiger partial charge in [0, 0.05) is 17.3 Å². The van der Waals surface area contributed by atoms with Crippen LogP contribution in [0, 0.1) is 13.8 Å². The Morgan fingerprint density at radius 1 is 1.18 bits per heavy atom. The van der Waals surface area contributed by atoms with Crippen molar-refractivity contribution in [1.29, 1.82) is 0 Å². The predicted molar refractivity (Wildman–Crippen MR) is 69.5 cm³/mol. The molecule has 2 aromatic rings. The Kier molecular flexibility index (Phi) is 3.64. The van der Waals surface area contributed by atoms with Crippen molar-refractivity contribution in [2.24, 2.45) is 0 Å². The van der Waals surface area contributed by atoms with Crippen LogP contribution >= 0.6 is 11.6 Å². The molecule has 1 aromatic carbocycles. The smallest absolute Gasteiger partial charge is 0.133 e. The van der Waals surface area contributed by atoms with E-state index in [9.17, 15) is 0 Å². The summed E-state index contributed by atoms with van der Waals surface area (Å²) in [4.78, 5) is 4.17. The van der Waals surface area contributed by atoms with Gasteiger partial charge in [0.25, 0.3) is 0 Å². The Hall–Kier alpha value is -1.54. The van der Waals surface area contributed by atoms with Crippen LogP contribution in [0.3, 0.4) is 0 Å². The van der Waals surface area contributed by atoms with Gasteiger partial charge in [-0.2, -0.15) is 0 Å². The first-order valence-corrected chi connectivity index (χ1v) is 5.85. The third kappa shape index (κ3) is 2.98. The lowest BCUT2D eigenvalue weighted by Gasteiger charge is -2.11. The van der Waals surface area contributed by atoms with Gasteiger partial charge in [-0.25, -0.2) is 4.98 Å². The summed E-state index contributed by atoms with van der Waals surface area (Å²) in [5.74, 6) is 0.798. The van der Waals surface area contributed by atoms with E-state index in [4.69, 9.17) is 16.3 Å². The van der Waals surface area contributed by atoms with Crippen LogP contribution in [0.5, 0.6) is 5.75 Å². The van der Waals surface area contributed by atoms with Crippen LogP contribution in [0.4, 0.5) is 0 Å². The molecule has 0 aliphatic heterocycles. The fraction of sp³-hybridized carbons (Fsp3) is 0.214. The molecule has 0 atom stereocenters. The van der Waals surface area contributed by atoms with Crippen LogP contribution in [-0.4, -0.2) is 4.98 Å². The number of benzene rings is 1. The summed E-state index contributed by atoms with van der Waals surface area (Å²) in [6.07, 6.45) is 0. The molecule has 0 bridgehead atoms. The summed E-state index contributed by atoms with van der Waals surface area (Å²) >= 11 is 5.91. The predicted octanol–water partition coefficient (Wildman–Crippen LogP) is 3.93. The summed E-state index contributed by atoms with van der Waals surface area (Å²) < 4.78 is 5.76. The van der Waals surface area contributed by atoms with Crippen molar-refractivity contribution >= 4 is 11.6 Å². The van der Waals surface area contributed by atoms with Crippen LogP contribution in [0.1, 0.15) is 16.8 Å². The number of aromatic nitrogens is 1. The molecule has 0 radical (unpaired) electrons. The SMILES string of the molecule is Cc1nc(Cl)cc(OCc2ccccc2)c1C. The zero-order valence-corrected chi connectivity index (χ0v) is 10.7. The molecule has 2 nitrogen and oxygen atoms in total. The maximum Gasteiger partial charge on any atom is 0.133 e. The molecule has 17 heavy (non-hydrogen) atoms. The Labute approximate surface area is 106 Å². The second kappa shape index (κ2) is 5.19. The van der Waals surface area contributed by atoms with Gasteiger partial charge in [-0.05, 0) is 19.4 Å². The van der Waals surface area contributed by atoms with Gasteiger partial charge >= 0.3 is 0 Å². The fourth-order valence-corrected chi connectivity index (χ4v) is 1.78. The van der Waals surface area contributed by atoms with Gasteiger partial charge in [0.05, 0.1) is 0 Å². The van der Waals surface area contributed by atoms with Crippen LogP contribution < -0.4 is 4.74 Å². The number of hydrogen-bond donors (Lipinski definition) is 0. The molecule has 0 unspecified atom stereocenters. The highest BCUT2D eigenvalue weighted by molar-refractivity contribution is 6.29. The zero-order chi connectivity index (χ0) is 12.3. The van der Waals surface area contributed by atoms with Crippen LogP contribution in [0.2, 0.25) is 5.15 Å². The third-order valence-corrected chi connectivity index (χ3v) is 2.87. The van der Waals surface area contributed by atoms with Crippen molar-refractivity contribution in [2.75, 3.05) is 0 Å². The Balaban J connectivity index is 2.14. The Bertz CT molecular complexity index is 511. The van der Waals surface area contributed by atoms with E-state index in [0.29, 0.717) is 11.8 Å². The highest BCUT2D eigenvalue weighted by Crippen LogP contribution is 2.24. The van der Waals surface area contributed by atoms with Crippen molar-refractivity contribution in [3.8, 4) is 5.75 Å². The first-order valence-electron chi connectivity index (χ1n) is 5.47. The number of aryl methyl sites for hydroxylation is 1. The number of hydrogen-bond acceptors (Lipinski definition) is 2. The molecular formula is C14H14ClNO. The first-order chi connectivity index (χ1) is 8.16. The van der Waals surface area contributed by atoms with E-state index < -0.39 is 0 Å². The normalized spacial score (nSPS) is 10.3. The third-order valence-electron chi connectivity index (χ3n) is 2.67. The zero-order valence-electron chi connectivity index (χ0n) is 9.90. The molecule has 0 N–H and O–H groups in total. The van der Waals surface area contributed by atoms with Gasteiger partial charge in [0.1, 0.15) is 17.5 Å². The van der Waals surface area contributed by atoms with Gasteiger partial charge in [-0.3, -0.25) is 0 Å². The largest absolute Gasteiger partial charge is 0.488 e. The van der Waals surface area contributed by atoms with Crippen LogP contribution in [-0.2, 0) is 6.61 Å². The number of halogens is 1. The summed E-state index contributed by atoms with van der Waals surface area (Å²) in [6, 6.07) is 11.8. The number of ether oxygens (including phenoxy) is 1. The molecular weight excluding hydrogens is 234 g/mol. The molecule has 0 amide bonds. The molecule has 0 aliphatic rings. The topological polar surface area (TPSA) is 22.1 Å². The molecule has 0 saturated heterocycles. The van der Waals surface area contributed by atoms with Gasteiger partial charge in [-0.15, -0.1) is 0 Å². The molecule has 88 valence electrons. The van der Waals surface area contributed by atoms with Crippen molar-refractivity contribution in [3.05, 3.63) is 58.4 Å². The highest BCUT2D eigenvalue weighted by Gasteiger charge is 2.06. The minimum Gasteiger partial charge on any atom is -0.488 e.